The molecule has 91 valence electrons. The molecule has 2 heterocycles. The van der Waals surface area contributed by atoms with Crippen LogP contribution in [0.25, 0.3) is 5.69 Å². The van der Waals surface area contributed by atoms with E-state index in [4.69, 9.17) is 34.7 Å². The number of halogens is 2. The van der Waals surface area contributed by atoms with Crippen LogP contribution in [0.5, 0.6) is 0 Å². The SMILES string of the molecule is NC(=O)c1[c-]nn(-c2c(Cl)cncc2Cl)c1N.[Pr]. The molecule has 2 aromatic heterocycles. The van der Waals surface area contributed by atoms with Crippen LogP contribution in [0, 0.1) is 47.5 Å². The molecule has 18 heavy (non-hydrogen) atoms. The summed E-state index contributed by atoms with van der Waals surface area (Å²) < 4.78 is 1.19. The number of nitrogen functional groups attached to an aromatic ring is 1. The zero-order chi connectivity index (χ0) is 12.6. The first-order chi connectivity index (χ1) is 8.02. The summed E-state index contributed by atoms with van der Waals surface area (Å²) in [4.78, 5) is 14.8. The third-order valence-electron chi connectivity index (χ3n) is 2.03. The molecule has 0 bridgehead atoms. The van der Waals surface area contributed by atoms with Crippen molar-refractivity contribution < 1.29 is 46.1 Å². The fraction of sp³-hybridized carbons (Fsp3) is 0. The van der Waals surface area contributed by atoms with Crippen molar-refractivity contribution in [1.82, 2.24) is 14.8 Å². The van der Waals surface area contributed by atoms with Crippen LogP contribution >= 0.6 is 23.2 Å². The molecule has 1 amide bonds. The zero-order valence-corrected chi connectivity index (χ0v) is 14.1. The van der Waals surface area contributed by atoms with Crippen LogP contribution in [0.15, 0.2) is 12.4 Å². The third-order valence-corrected chi connectivity index (χ3v) is 2.59. The smallest absolute Gasteiger partial charge is 0.138 e. The van der Waals surface area contributed by atoms with Gasteiger partial charge in [0.1, 0.15) is 5.91 Å². The summed E-state index contributed by atoms with van der Waals surface area (Å²) in [5.74, 6) is -0.706. The Kier molecular flexibility index (Phi) is 5.34. The second-order valence-electron chi connectivity index (χ2n) is 3.10. The number of carbonyl (C=O) groups excluding carboxylic acids is 1. The summed E-state index contributed by atoms with van der Waals surface area (Å²) in [6.45, 7) is 0. The van der Waals surface area contributed by atoms with Gasteiger partial charge in [-0.1, -0.05) is 28.8 Å². The molecule has 6 nitrogen and oxygen atoms in total. The molecule has 0 aliphatic carbocycles. The molecule has 2 aromatic rings. The molecular formula is C9H6Cl2N5OPr-. The van der Waals surface area contributed by atoms with Gasteiger partial charge < -0.3 is 16.3 Å². The van der Waals surface area contributed by atoms with Crippen molar-refractivity contribution in [3.63, 3.8) is 0 Å². The van der Waals surface area contributed by atoms with Crippen LogP contribution < -0.4 is 11.5 Å². The predicted octanol–water partition coefficient (Wildman–Crippen LogP) is 1.06. The predicted molar refractivity (Wildman–Crippen MR) is 63.1 cm³/mol. The van der Waals surface area contributed by atoms with E-state index in [1.807, 2.05) is 0 Å². The van der Waals surface area contributed by atoms with Gasteiger partial charge in [-0.3, -0.25) is 14.8 Å². The van der Waals surface area contributed by atoms with Crippen molar-refractivity contribution in [2.24, 2.45) is 5.73 Å². The van der Waals surface area contributed by atoms with Crippen molar-refractivity contribution >= 4 is 34.9 Å². The molecule has 0 fully saturated rings. The van der Waals surface area contributed by atoms with E-state index < -0.39 is 5.91 Å². The van der Waals surface area contributed by atoms with Gasteiger partial charge in [-0.2, -0.15) is 0 Å². The molecule has 1 radical (unpaired) electrons. The van der Waals surface area contributed by atoms with Crippen molar-refractivity contribution in [3.8, 4) is 5.69 Å². The number of hydrogen-bond donors (Lipinski definition) is 2. The van der Waals surface area contributed by atoms with E-state index in [-0.39, 0.29) is 62.7 Å². The molecule has 0 aliphatic rings. The van der Waals surface area contributed by atoms with Crippen molar-refractivity contribution in [2.75, 3.05) is 5.73 Å². The van der Waals surface area contributed by atoms with Gasteiger partial charge >= 0.3 is 0 Å². The van der Waals surface area contributed by atoms with E-state index in [0.29, 0.717) is 5.69 Å². The third kappa shape index (κ3) is 2.77. The summed E-state index contributed by atoms with van der Waals surface area (Å²) in [5, 5.41) is 4.29. The molecule has 0 unspecified atom stereocenters. The molecule has 0 saturated carbocycles. The Hall–Kier alpha value is -0.426. The van der Waals surface area contributed by atoms with Crippen LogP contribution in [0.1, 0.15) is 10.4 Å². The molecular weight excluding hydrogens is 406 g/mol. The second-order valence-corrected chi connectivity index (χ2v) is 3.91. The molecule has 0 saturated heterocycles. The van der Waals surface area contributed by atoms with E-state index >= 15 is 0 Å². The molecule has 4 N–H and O–H groups in total. The minimum absolute atomic E-state index is 0. The topological polar surface area (TPSA) is 99.8 Å². The maximum atomic E-state index is 11.0. The van der Waals surface area contributed by atoms with Crippen molar-refractivity contribution in [1.29, 1.82) is 0 Å². The number of rotatable bonds is 2. The minimum atomic E-state index is -0.727. The Morgan fingerprint density at radius 2 is 1.89 bits per heavy atom. The minimum Gasteiger partial charge on any atom is -0.434 e. The molecule has 2 rings (SSSR count). The number of amides is 1. The van der Waals surface area contributed by atoms with Crippen LogP contribution in [-0.2, 0) is 0 Å². The van der Waals surface area contributed by atoms with E-state index in [1.165, 1.54) is 17.1 Å². The summed E-state index contributed by atoms with van der Waals surface area (Å²) in [5.41, 5.74) is 11.1. The quantitative estimate of drug-likeness (QED) is 0.721. The molecule has 0 atom stereocenters. The Morgan fingerprint density at radius 1 is 1.33 bits per heavy atom. The maximum absolute atomic E-state index is 11.0. The maximum Gasteiger partial charge on any atom is 0.138 e. The Bertz CT molecular complexity index is 580. The normalized spacial score (nSPS) is 9.89. The van der Waals surface area contributed by atoms with Gasteiger partial charge in [0.2, 0.25) is 0 Å². The van der Waals surface area contributed by atoms with Gasteiger partial charge in [-0.15, -0.1) is 0 Å². The Morgan fingerprint density at radius 3 is 2.33 bits per heavy atom. The Balaban J connectivity index is 0.00000162. The van der Waals surface area contributed by atoms with Crippen molar-refractivity contribution in [2.45, 2.75) is 0 Å². The van der Waals surface area contributed by atoms with Crippen molar-refractivity contribution in [3.05, 3.63) is 34.2 Å². The van der Waals surface area contributed by atoms with E-state index in [2.05, 4.69) is 16.3 Å². The Labute approximate surface area is 146 Å². The largest absolute Gasteiger partial charge is 0.434 e. The molecule has 9 heteroatoms. The summed E-state index contributed by atoms with van der Waals surface area (Å²) in [6.07, 6.45) is 5.17. The standard InChI is InChI=1S/C9H6Cl2N5O.Pr/c10-5-2-14-3-6(11)7(5)16-8(12)4(1-15-16)9(13)17;/h2-3H,12H2,(H2,13,17);/q-1;. The average molecular weight is 412 g/mol. The van der Waals surface area contributed by atoms with Gasteiger partial charge in [0.25, 0.3) is 0 Å². The number of anilines is 1. The van der Waals surface area contributed by atoms with Gasteiger partial charge in [0.15, 0.2) is 0 Å². The molecule has 0 aromatic carbocycles. The van der Waals surface area contributed by atoms with Gasteiger partial charge in [-0.05, 0) is 6.20 Å². The number of primary amides is 1. The van der Waals surface area contributed by atoms with Gasteiger partial charge in [-0.25, -0.2) is 0 Å². The monoisotopic (exact) mass is 411 g/mol. The second kappa shape index (κ2) is 6.15. The fourth-order valence-electron chi connectivity index (χ4n) is 1.28. The van der Waals surface area contributed by atoms with E-state index in [9.17, 15) is 4.79 Å². The molecule has 0 aliphatic heterocycles. The van der Waals surface area contributed by atoms with Gasteiger partial charge in [0.05, 0.1) is 15.7 Å². The summed E-state index contributed by atoms with van der Waals surface area (Å²) in [6, 6.07) is 0. The van der Waals surface area contributed by atoms with E-state index in [0.717, 1.165) is 0 Å². The van der Waals surface area contributed by atoms with Crippen LogP contribution in [0.2, 0.25) is 10.0 Å². The molecule has 0 spiro atoms. The number of aromatic nitrogens is 3. The first kappa shape index (κ1) is 15.6. The fourth-order valence-corrected chi connectivity index (χ4v) is 1.80. The van der Waals surface area contributed by atoms with Crippen LogP contribution in [0.4, 0.5) is 5.82 Å². The van der Waals surface area contributed by atoms with Crippen LogP contribution in [-0.4, -0.2) is 20.7 Å². The first-order valence-electron chi connectivity index (χ1n) is 4.37. The number of carbonyl (C=O) groups is 1. The van der Waals surface area contributed by atoms with E-state index in [1.54, 1.807) is 0 Å². The summed E-state index contributed by atoms with van der Waals surface area (Å²) in [7, 11) is 0. The van der Waals surface area contributed by atoms with Crippen LogP contribution in [0.3, 0.4) is 0 Å². The number of nitrogens with zero attached hydrogens (tertiary/aromatic N) is 3. The summed E-state index contributed by atoms with van der Waals surface area (Å²) >= 11 is 11.9. The number of pyridine rings is 1. The van der Waals surface area contributed by atoms with Gasteiger partial charge in [0, 0.05) is 59.5 Å². The first-order valence-corrected chi connectivity index (χ1v) is 5.13. The average Bonchev–Trinajstić information content (AvgIpc) is 2.61. The number of nitrogens with two attached hydrogens (primary N) is 2. The zero-order valence-electron chi connectivity index (χ0n) is 8.89. The number of hydrogen-bond acceptors (Lipinski definition) is 4.